The molecular formula is C10H12ClN5O2S. The molecule has 9 heteroatoms. The number of benzene rings is 1. The molecule has 1 aromatic heterocycles. The monoisotopic (exact) mass is 301 g/mol. The Morgan fingerprint density at radius 2 is 2.21 bits per heavy atom. The molecule has 19 heavy (non-hydrogen) atoms. The van der Waals surface area contributed by atoms with E-state index in [9.17, 15) is 8.42 Å². The van der Waals surface area contributed by atoms with Crippen LogP contribution in [-0.4, -0.2) is 34.4 Å². The van der Waals surface area contributed by atoms with Crippen LogP contribution in [0.2, 0.25) is 5.02 Å². The SMILES string of the molecule is CCCS(=O)(=O)Nc1cc(-n2cnnn2)ccc1Cl. The number of nitrogens with one attached hydrogen (secondary N) is 1. The van der Waals surface area contributed by atoms with Crippen molar-refractivity contribution in [3.8, 4) is 5.69 Å². The van der Waals surface area contributed by atoms with E-state index in [1.165, 1.54) is 11.0 Å². The molecular weight excluding hydrogens is 290 g/mol. The summed E-state index contributed by atoms with van der Waals surface area (Å²) in [5.41, 5.74) is 0.923. The molecule has 0 atom stereocenters. The maximum absolute atomic E-state index is 11.7. The first-order valence-corrected chi connectivity index (χ1v) is 7.58. The molecule has 0 fully saturated rings. The van der Waals surface area contributed by atoms with E-state index in [1.807, 2.05) is 0 Å². The van der Waals surface area contributed by atoms with Crippen LogP contribution in [0.1, 0.15) is 13.3 Å². The van der Waals surface area contributed by atoms with E-state index in [0.29, 0.717) is 22.8 Å². The zero-order chi connectivity index (χ0) is 13.9. The van der Waals surface area contributed by atoms with Crippen LogP contribution in [0.25, 0.3) is 5.69 Å². The van der Waals surface area contributed by atoms with Crippen molar-refractivity contribution < 1.29 is 8.42 Å². The summed E-state index contributed by atoms with van der Waals surface area (Å²) in [5.74, 6) is 0.0401. The molecule has 2 aromatic rings. The van der Waals surface area contributed by atoms with Gasteiger partial charge in [-0.05, 0) is 35.0 Å². The molecule has 0 amide bonds. The molecule has 1 heterocycles. The lowest BCUT2D eigenvalue weighted by molar-refractivity contribution is 0.600. The van der Waals surface area contributed by atoms with Gasteiger partial charge in [-0.1, -0.05) is 18.5 Å². The summed E-state index contributed by atoms with van der Waals surface area (Å²) in [4.78, 5) is 0. The van der Waals surface area contributed by atoms with Gasteiger partial charge < -0.3 is 0 Å². The van der Waals surface area contributed by atoms with Gasteiger partial charge in [0.25, 0.3) is 0 Å². The molecule has 0 saturated heterocycles. The molecule has 2 rings (SSSR count). The minimum absolute atomic E-state index is 0.0401. The highest BCUT2D eigenvalue weighted by Crippen LogP contribution is 2.25. The number of anilines is 1. The summed E-state index contributed by atoms with van der Waals surface area (Å²) in [5, 5.41) is 11.1. The molecule has 1 N–H and O–H groups in total. The summed E-state index contributed by atoms with van der Waals surface area (Å²) in [6, 6.07) is 4.85. The Morgan fingerprint density at radius 3 is 2.84 bits per heavy atom. The Labute approximate surface area is 115 Å². The van der Waals surface area contributed by atoms with Crippen LogP contribution in [0.15, 0.2) is 24.5 Å². The van der Waals surface area contributed by atoms with E-state index in [1.54, 1.807) is 25.1 Å². The fourth-order valence-corrected chi connectivity index (χ4v) is 2.87. The third-order valence-corrected chi connectivity index (χ3v) is 4.11. The summed E-state index contributed by atoms with van der Waals surface area (Å²) in [6.45, 7) is 1.79. The molecule has 0 bridgehead atoms. The van der Waals surface area contributed by atoms with E-state index in [4.69, 9.17) is 11.6 Å². The number of aromatic nitrogens is 4. The minimum Gasteiger partial charge on any atom is -0.282 e. The van der Waals surface area contributed by atoms with Crippen LogP contribution >= 0.6 is 11.6 Å². The summed E-state index contributed by atoms with van der Waals surface area (Å²) in [6.07, 6.45) is 1.94. The number of rotatable bonds is 5. The van der Waals surface area contributed by atoms with E-state index < -0.39 is 10.0 Å². The van der Waals surface area contributed by atoms with Crippen molar-refractivity contribution in [2.24, 2.45) is 0 Å². The van der Waals surface area contributed by atoms with Crippen LogP contribution in [-0.2, 0) is 10.0 Å². The number of sulfonamides is 1. The minimum atomic E-state index is -3.39. The lowest BCUT2D eigenvalue weighted by Crippen LogP contribution is -2.16. The third kappa shape index (κ3) is 3.42. The molecule has 0 unspecified atom stereocenters. The van der Waals surface area contributed by atoms with Gasteiger partial charge in [0.1, 0.15) is 6.33 Å². The maximum atomic E-state index is 11.7. The van der Waals surface area contributed by atoms with Gasteiger partial charge in [0.2, 0.25) is 10.0 Å². The second-order valence-corrected chi connectivity index (χ2v) is 6.09. The highest BCUT2D eigenvalue weighted by atomic mass is 35.5. The Kier molecular flexibility index (Phi) is 4.01. The lowest BCUT2D eigenvalue weighted by atomic mass is 10.3. The predicted molar refractivity (Wildman–Crippen MR) is 71.9 cm³/mol. The molecule has 0 aliphatic carbocycles. The molecule has 7 nitrogen and oxygen atoms in total. The van der Waals surface area contributed by atoms with Gasteiger partial charge in [0, 0.05) is 0 Å². The van der Waals surface area contributed by atoms with Crippen molar-refractivity contribution in [3.05, 3.63) is 29.5 Å². The number of tetrazole rings is 1. The van der Waals surface area contributed by atoms with E-state index in [0.717, 1.165) is 0 Å². The molecule has 1 aromatic carbocycles. The van der Waals surface area contributed by atoms with Gasteiger partial charge in [-0.3, -0.25) is 4.72 Å². The second-order valence-electron chi connectivity index (χ2n) is 3.84. The average Bonchev–Trinajstić information content (AvgIpc) is 2.85. The normalized spacial score (nSPS) is 11.5. The van der Waals surface area contributed by atoms with Gasteiger partial charge in [0.05, 0.1) is 22.2 Å². The Balaban J connectivity index is 2.33. The number of nitrogens with zero attached hydrogens (tertiary/aromatic N) is 4. The first-order chi connectivity index (χ1) is 9.02. The van der Waals surface area contributed by atoms with E-state index in [-0.39, 0.29) is 5.75 Å². The number of hydrogen-bond donors (Lipinski definition) is 1. The van der Waals surface area contributed by atoms with Gasteiger partial charge in [-0.2, -0.15) is 0 Å². The van der Waals surface area contributed by atoms with E-state index >= 15 is 0 Å². The quantitative estimate of drug-likeness (QED) is 0.903. The summed E-state index contributed by atoms with van der Waals surface area (Å²) in [7, 11) is -3.39. The van der Waals surface area contributed by atoms with Crippen LogP contribution in [0, 0.1) is 0 Å². The molecule has 0 saturated carbocycles. The van der Waals surface area contributed by atoms with Crippen molar-refractivity contribution in [2.75, 3.05) is 10.5 Å². The molecule has 102 valence electrons. The van der Waals surface area contributed by atoms with Crippen molar-refractivity contribution in [2.45, 2.75) is 13.3 Å². The predicted octanol–water partition coefficient (Wildman–Crippen LogP) is 1.47. The fourth-order valence-electron chi connectivity index (χ4n) is 1.50. The zero-order valence-corrected chi connectivity index (χ0v) is 11.7. The van der Waals surface area contributed by atoms with Gasteiger partial charge in [-0.25, -0.2) is 13.1 Å². The number of halogens is 1. The first kappa shape index (κ1) is 13.8. The molecule has 0 radical (unpaired) electrons. The molecule has 0 spiro atoms. The van der Waals surface area contributed by atoms with Crippen LogP contribution < -0.4 is 4.72 Å². The van der Waals surface area contributed by atoms with Crippen molar-refractivity contribution in [3.63, 3.8) is 0 Å². The van der Waals surface area contributed by atoms with Crippen LogP contribution in [0.5, 0.6) is 0 Å². The maximum Gasteiger partial charge on any atom is 0.232 e. The average molecular weight is 302 g/mol. The van der Waals surface area contributed by atoms with Crippen molar-refractivity contribution >= 4 is 27.3 Å². The topological polar surface area (TPSA) is 89.8 Å². The first-order valence-electron chi connectivity index (χ1n) is 5.55. The molecule has 0 aliphatic heterocycles. The lowest BCUT2D eigenvalue weighted by Gasteiger charge is -2.10. The summed E-state index contributed by atoms with van der Waals surface area (Å²) >= 11 is 5.98. The zero-order valence-electron chi connectivity index (χ0n) is 10.1. The standard InChI is InChI=1S/C10H12ClN5O2S/c1-2-5-19(17,18)13-10-6-8(3-4-9(10)11)16-7-12-14-15-16/h3-4,6-7,13H,2,5H2,1H3. The highest BCUT2D eigenvalue weighted by Gasteiger charge is 2.12. The number of hydrogen-bond acceptors (Lipinski definition) is 5. The van der Waals surface area contributed by atoms with Gasteiger partial charge in [-0.15, -0.1) is 5.10 Å². The second kappa shape index (κ2) is 5.54. The van der Waals surface area contributed by atoms with Crippen molar-refractivity contribution in [1.82, 2.24) is 20.2 Å². The third-order valence-electron chi connectivity index (χ3n) is 2.30. The Morgan fingerprint density at radius 1 is 1.42 bits per heavy atom. The van der Waals surface area contributed by atoms with Crippen LogP contribution in [0.4, 0.5) is 5.69 Å². The van der Waals surface area contributed by atoms with Gasteiger partial charge in [0.15, 0.2) is 0 Å². The smallest absolute Gasteiger partial charge is 0.232 e. The summed E-state index contributed by atoms with van der Waals surface area (Å²) < 4.78 is 27.3. The fraction of sp³-hybridized carbons (Fsp3) is 0.300. The largest absolute Gasteiger partial charge is 0.282 e. The van der Waals surface area contributed by atoms with Crippen LogP contribution in [0.3, 0.4) is 0 Å². The Bertz CT molecular complexity index is 657. The molecule has 0 aliphatic rings. The van der Waals surface area contributed by atoms with E-state index in [2.05, 4.69) is 20.2 Å². The van der Waals surface area contributed by atoms with Gasteiger partial charge >= 0.3 is 0 Å². The van der Waals surface area contributed by atoms with Crippen molar-refractivity contribution in [1.29, 1.82) is 0 Å². The highest BCUT2D eigenvalue weighted by molar-refractivity contribution is 7.92. The Hall–Kier alpha value is -1.67.